The van der Waals surface area contributed by atoms with Crippen LogP contribution >= 0.6 is 0 Å². The van der Waals surface area contributed by atoms with Crippen molar-refractivity contribution in [3.05, 3.63) is 66.4 Å². The van der Waals surface area contributed by atoms with Crippen LogP contribution in [-0.2, 0) is 0 Å². The maximum atomic E-state index is 4.75. The first-order chi connectivity index (χ1) is 14.1. The van der Waals surface area contributed by atoms with Gasteiger partial charge in [0, 0.05) is 18.8 Å². The highest BCUT2D eigenvalue weighted by molar-refractivity contribution is 5.90. The third-order valence-corrected chi connectivity index (χ3v) is 4.67. The summed E-state index contributed by atoms with van der Waals surface area (Å²) in [4.78, 5) is 11.6. The van der Waals surface area contributed by atoms with Gasteiger partial charge in [-0.25, -0.2) is 4.68 Å². The molecule has 0 bridgehead atoms. The molecule has 29 heavy (non-hydrogen) atoms. The molecule has 7 heteroatoms. The molecule has 0 unspecified atom stereocenters. The predicted molar refractivity (Wildman–Crippen MR) is 118 cm³/mol. The predicted octanol–water partition coefficient (Wildman–Crippen LogP) is 3.84. The van der Waals surface area contributed by atoms with Gasteiger partial charge in [0.2, 0.25) is 5.95 Å². The Bertz CT molecular complexity index is 1100. The third kappa shape index (κ3) is 4.20. The lowest BCUT2D eigenvalue weighted by atomic mass is 10.2. The first-order valence-electron chi connectivity index (χ1n) is 9.64. The molecule has 2 N–H and O–H groups in total. The summed E-state index contributed by atoms with van der Waals surface area (Å²) in [6.45, 7) is 3.71. The van der Waals surface area contributed by atoms with Crippen LogP contribution in [0.3, 0.4) is 0 Å². The van der Waals surface area contributed by atoms with E-state index < -0.39 is 0 Å². The molecular weight excluding hydrogens is 362 g/mol. The average Bonchev–Trinajstić information content (AvgIpc) is 3.14. The Balaban J connectivity index is 1.78. The molecule has 0 aliphatic heterocycles. The fourth-order valence-electron chi connectivity index (χ4n) is 3.07. The minimum atomic E-state index is 0.577. The summed E-state index contributed by atoms with van der Waals surface area (Å²) in [6.07, 6.45) is 1.81. The number of nitrogens with zero attached hydrogens (tertiary/aromatic N) is 5. The summed E-state index contributed by atoms with van der Waals surface area (Å²) < 4.78 is 1.84. The van der Waals surface area contributed by atoms with Crippen molar-refractivity contribution >= 4 is 28.5 Å². The van der Waals surface area contributed by atoms with Gasteiger partial charge in [-0.3, -0.25) is 0 Å². The second-order valence-corrected chi connectivity index (χ2v) is 7.19. The van der Waals surface area contributed by atoms with Crippen molar-refractivity contribution in [2.75, 3.05) is 37.8 Å². The lowest BCUT2D eigenvalue weighted by Crippen LogP contribution is -2.21. The number of aromatic nitrogens is 4. The van der Waals surface area contributed by atoms with E-state index in [-0.39, 0.29) is 0 Å². The van der Waals surface area contributed by atoms with E-state index in [9.17, 15) is 0 Å². The van der Waals surface area contributed by atoms with Gasteiger partial charge in [-0.15, -0.1) is 0 Å². The number of nitrogens with one attached hydrogen (secondary N) is 2. The largest absolute Gasteiger partial charge is 0.353 e. The number of aryl methyl sites for hydroxylation is 1. The van der Waals surface area contributed by atoms with Gasteiger partial charge in [-0.1, -0.05) is 36.4 Å². The summed E-state index contributed by atoms with van der Waals surface area (Å²) >= 11 is 0. The van der Waals surface area contributed by atoms with Crippen LogP contribution in [0.1, 0.15) is 5.56 Å². The number of rotatable bonds is 7. The molecule has 2 aromatic heterocycles. The van der Waals surface area contributed by atoms with E-state index >= 15 is 0 Å². The number of fused-ring (bicyclic) bond motifs is 1. The van der Waals surface area contributed by atoms with Crippen molar-refractivity contribution in [2.24, 2.45) is 0 Å². The maximum absolute atomic E-state index is 4.75. The molecular formula is C22H25N7. The summed E-state index contributed by atoms with van der Waals surface area (Å²) in [5.74, 6) is 1.31. The van der Waals surface area contributed by atoms with E-state index in [0.717, 1.165) is 46.9 Å². The summed E-state index contributed by atoms with van der Waals surface area (Å²) in [7, 11) is 4.09. The van der Waals surface area contributed by atoms with Crippen molar-refractivity contribution in [1.82, 2.24) is 24.6 Å². The summed E-state index contributed by atoms with van der Waals surface area (Å²) in [5, 5.41) is 12.2. The molecule has 0 radical (unpaired) electrons. The molecule has 2 heterocycles. The maximum Gasteiger partial charge on any atom is 0.226 e. The van der Waals surface area contributed by atoms with Crippen molar-refractivity contribution in [3.8, 4) is 5.69 Å². The second-order valence-electron chi connectivity index (χ2n) is 7.19. The lowest BCUT2D eigenvalue weighted by molar-refractivity contribution is 0.425. The molecule has 0 spiro atoms. The summed E-state index contributed by atoms with van der Waals surface area (Å²) in [6, 6.07) is 18.2. The minimum absolute atomic E-state index is 0.577. The fraction of sp³-hybridized carbons (Fsp3) is 0.227. The van der Waals surface area contributed by atoms with Gasteiger partial charge in [0.1, 0.15) is 5.82 Å². The first kappa shape index (κ1) is 18.9. The monoisotopic (exact) mass is 387 g/mol. The van der Waals surface area contributed by atoms with E-state index in [1.165, 1.54) is 0 Å². The first-order valence-corrected chi connectivity index (χ1v) is 9.64. The van der Waals surface area contributed by atoms with Crippen LogP contribution in [0, 0.1) is 6.92 Å². The standard InChI is InChI=1S/C22H25N7/c1-16-9-7-8-12-19(16)25-20-18-15-24-29(17-10-5-4-6-11-17)21(18)27-22(26-20)23-13-14-28(2)3/h4-12,15H,13-14H2,1-3H3,(H2,23,25,26,27). The van der Waals surface area contributed by atoms with E-state index in [1.807, 2.05) is 73.5 Å². The van der Waals surface area contributed by atoms with Crippen LogP contribution in [0.5, 0.6) is 0 Å². The SMILES string of the molecule is Cc1ccccc1Nc1nc(NCCN(C)C)nc2c1cnn2-c1ccccc1. The van der Waals surface area contributed by atoms with Crippen LogP contribution in [0.4, 0.5) is 17.5 Å². The van der Waals surface area contributed by atoms with Crippen LogP contribution in [0.25, 0.3) is 16.7 Å². The molecule has 148 valence electrons. The summed E-state index contributed by atoms with van der Waals surface area (Å²) in [5.41, 5.74) is 3.88. The van der Waals surface area contributed by atoms with Gasteiger partial charge in [0.05, 0.1) is 17.3 Å². The fourth-order valence-corrected chi connectivity index (χ4v) is 3.07. The van der Waals surface area contributed by atoms with E-state index in [2.05, 4.69) is 33.6 Å². The van der Waals surface area contributed by atoms with E-state index in [0.29, 0.717) is 5.95 Å². The Morgan fingerprint density at radius 1 is 0.966 bits per heavy atom. The highest BCUT2D eigenvalue weighted by atomic mass is 15.3. The van der Waals surface area contributed by atoms with Gasteiger partial charge in [-0.2, -0.15) is 15.1 Å². The number of benzene rings is 2. The zero-order chi connectivity index (χ0) is 20.2. The normalized spacial score (nSPS) is 11.2. The van der Waals surface area contributed by atoms with E-state index in [1.54, 1.807) is 0 Å². The van der Waals surface area contributed by atoms with Gasteiger partial charge >= 0.3 is 0 Å². The molecule has 0 saturated heterocycles. The van der Waals surface area contributed by atoms with Crippen molar-refractivity contribution < 1.29 is 0 Å². The van der Waals surface area contributed by atoms with Gasteiger partial charge < -0.3 is 15.5 Å². The highest BCUT2D eigenvalue weighted by Gasteiger charge is 2.15. The lowest BCUT2D eigenvalue weighted by Gasteiger charge is -2.13. The van der Waals surface area contributed by atoms with Crippen molar-refractivity contribution in [1.29, 1.82) is 0 Å². The number of likely N-dealkylation sites (N-methyl/N-ethyl adjacent to an activating group) is 1. The van der Waals surface area contributed by atoms with Gasteiger partial charge in [0.15, 0.2) is 5.65 Å². The van der Waals surface area contributed by atoms with E-state index in [4.69, 9.17) is 9.97 Å². The molecule has 2 aromatic carbocycles. The highest BCUT2D eigenvalue weighted by Crippen LogP contribution is 2.28. The zero-order valence-electron chi connectivity index (χ0n) is 16.9. The Morgan fingerprint density at radius 3 is 2.48 bits per heavy atom. The zero-order valence-corrected chi connectivity index (χ0v) is 16.9. The molecule has 0 fully saturated rings. The minimum Gasteiger partial charge on any atom is -0.353 e. The third-order valence-electron chi connectivity index (χ3n) is 4.67. The van der Waals surface area contributed by atoms with Crippen LogP contribution in [0.2, 0.25) is 0 Å². The topological polar surface area (TPSA) is 70.9 Å². The molecule has 4 rings (SSSR count). The van der Waals surface area contributed by atoms with Gasteiger partial charge in [-0.05, 0) is 44.8 Å². The van der Waals surface area contributed by atoms with Crippen molar-refractivity contribution in [2.45, 2.75) is 6.92 Å². The van der Waals surface area contributed by atoms with Crippen molar-refractivity contribution in [3.63, 3.8) is 0 Å². The molecule has 7 nitrogen and oxygen atoms in total. The number of hydrogen-bond donors (Lipinski definition) is 2. The Morgan fingerprint density at radius 2 is 1.72 bits per heavy atom. The average molecular weight is 387 g/mol. The molecule has 0 amide bonds. The molecule has 0 saturated carbocycles. The van der Waals surface area contributed by atoms with Gasteiger partial charge in [0.25, 0.3) is 0 Å². The number of hydrogen-bond acceptors (Lipinski definition) is 6. The molecule has 0 aliphatic carbocycles. The quantitative estimate of drug-likeness (QED) is 0.502. The Hall–Kier alpha value is -3.45. The number of anilines is 3. The second kappa shape index (κ2) is 8.28. The van der Waals surface area contributed by atoms with Crippen LogP contribution < -0.4 is 10.6 Å². The molecule has 0 aliphatic rings. The van der Waals surface area contributed by atoms with Crippen LogP contribution in [-0.4, -0.2) is 51.8 Å². The molecule has 4 aromatic rings. The Kier molecular flexibility index (Phi) is 5.39. The van der Waals surface area contributed by atoms with Crippen LogP contribution in [0.15, 0.2) is 60.8 Å². The number of para-hydroxylation sites is 2. The smallest absolute Gasteiger partial charge is 0.226 e. The molecule has 0 atom stereocenters. The Labute approximate surface area is 170 Å².